The lowest BCUT2D eigenvalue weighted by atomic mass is 9.68. The predicted octanol–water partition coefficient (Wildman–Crippen LogP) is 1.10. The molecule has 0 amide bonds. The number of aromatic nitrogens is 2. The van der Waals surface area contributed by atoms with Crippen LogP contribution in [0.3, 0.4) is 0 Å². The van der Waals surface area contributed by atoms with Gasteiger partial charge in [-0.15, -0.1) is 0 Å². The van der Waals surface area contributed by atoms with E-state index >= 15 is 0 Å². The van der Waals surface area contributed by atoms with Crippen molar-refractivity contribution < 1.29 is 10.2 Å². The Labute approximate surface area is 145 Å². The summed E-state index contributed by atoms with van der Waals surface area (Å²) in [5.74, 6) is -0.296. The summed E-state index contributed by atoms with van der Waals surface area (Å²) in [5, 5.41) is 21.1. The topological polar surface area (TPSA) is 109 Å². The van der Waals surface area contributed by atoms with Crippen LogP contribution < -0.4 is 11.1 Å². The van der Waals surface area contributed by atoms with Crippen molar-refractivity contribution in [3.8, 4) is 11.5 Å². The van der Waals surface area contributed by atoms with Gasteiger partial charge in [0.25, 0.3) is 11.1 Å². The highest BCUT2D eigenvalue weighted by Crippen LogP contribution is 2.44. The Bertz CT molecular complexity index is 853. The molecule has 0 aromatic carbocycles. The maximum Gasteiger partial charge on any atom is 0.255 e. The number of aryl methyl sites for hydroxylation is 2. The molecule has 25 heavy (non-hydrogen) atoms. The summed E-state index contributed by atoms with van der Waals surface area (Å²) in [6.45, 7) is 4.64. The molecule has 1 fully saturated rings. The molecule has 0 saturated carbocycles. The van der Waals surface area contributed by atoms with Gasteiger partial charge in [0.2, 0.25) is 0 Å². The SMILES string of the molecule is Cc1cc(O)c(C2(c3c(O)cc(C)[nH]c3=O)CCN(C)CC2)c(=O)[nH]1. The molecule has 1 aliphatic heterocycles. The molecule has 0 radical (unpaired) electrons. The zero-order valence-corrected chi connectivity index (χ0v) is 14.6. The number of pyridine rings is 2. The molecule has 1 aliphatic rings. The average Bonchev–Trinajstić information content (AvgIpc) is 2.48. The summed E-state index contributed by atoms with van der Waals surface area (Å²) < 4.78 is 0. The van der Waals surface area contributed by atoms with Crippen molar-refractivity contribution in [2.24, 2.45) is 0 Å². The van der Waals surface area contributed by atoms with E-state index in [0.717, 1.165) is 0 Å². The Morgan fingerprint density at radius 2 is 1.32 bits per heavy atom. The van der Waals surface area contributed by atoms with Gasteiger partial charge in [0, 0.05) is 16.8 Å². The lowest BCUT2D eigenvalue weighted by Gasteiger charge is -2.40. The zero-order valence-electron chi connectivity index (χ0n) is 14.6. The monoisotopic (exact) mass is 345 g/mol. The van der Waals surface area contributed by atoms with Crippen LogP contribution in [0.4, 0.5) is 0 Å². The highest BCUT2D eigenvalue weighted by molar-refractivity contribution is 5.50. The Morgan fingerprint density at radius 3 is 1.68 bits per heavy atom. The second kappa shape index (κ2) is 6.07. The number of piperidine rings is 1. The average molecular weight is 345 g/mol. The summed E-state index contributed by atoms with van der Waals surface area (Å²) in [7, 11) is 1.96. The van der Waals surface area contributed by atoms with E-state index in [-0.39, 0.29) is 22.6 Å². The lowest BCUT2D eigenvalue weighted by molar-refractivity contribution is 0.205. The molecular formula is C18H23N3O4. The normalized spacial score (nSPS) is 17.6. The number of likely N-dealkylation sites (tertiary alicyclic amines) is 1. The van der Waals surface area contributed by atoms with Gasteiger partial charge in [-0.1, -0.05) is 0 Å². The smallest absolute Gasteiger partial charge is 0.255 e. The van der Waals surface area contributed by atoms with E-state index < -0.39 is 16.5 Å². The number of nitrogens with zero attached hydrogens (tertiary/aromatic N) is 1. The van der Waals surface area contributed by atoms with Crippen molar-refractivity contribution in [2.75, 3.05) is 20.1 Å². The van der Waals surface area contributed by atoms with Crippen LogP contribution in [0.2, 0.25) is 0 Å². The third kappa shape index (κ3) is 2.84. The first kappa shape index (κ1) is 17.3. The maximum atomic E-state index is 12.7. The quantitative estimate of drug-likeness (QED) is 0.652. The number of hydrogen-bond donors (Lipinski definition) is 4. The summed E-state index contributed by atoms with van der Waals surface area (Å²) >= 11 is 0. The van der Waals surface area contributed by atoms with Crippen molar-refractivity contribution in [2.45, 2.75) is 32.1 Å². The van der Waals surface area contributed by atoms with Crippen LogP contribution in [-0.4, -0.2) is 45.2 Å². The van der Waals surface area contributed by atoms with Crippen LogP contribution in [-0.2, 0) is 5.41 Å². The molecule has 0 unspecified atom stereocenters. The first-order valence-electron chi connectivity index (χ1n) is 8.30. The highest BCUT2D eigenvalue weighted by atomic mass is 16.3. The van der Waals surface area contributed by atoms with Crippen LogP contribution in [0.15, 0.2) is 21.7 Å². The summed E-state index contributed by atoms with van der Waals surface area (Å²) in [6.07, 6.45) is 0.895. The zero-order chi connectivity index (χ0) is 18.4. The first-order chi connectivity index (χ1) is 11.7. The van der Waals surface area contributed by atoms with Crippen LogP contribution in [0.1, 0.15) is 35.4 Å². The van der Waals surface area contributed by atoms with E-state index in [2.05, 4.69) is 14.9 Å². The molecule has 7 nitrogen and oxygen atoms in total. The van der Waals surface area contributed by atoms with Gasteiger partial charge in [-0.2, -0.15) is 0 Å². The minimum atomic E-state index is -1.04. The molecule has 4 N–H and O–H groups in total. The number of aromatic amines is 2. The largest absolute Gasteiger partial charge is 0.507 e. The van der Waals surface area contributed by atoms with Crippen LogP contribution in [0.25, 0.3) is 0 Å². The van der Waals surface area contributed by atoms with Crippen LogP contribution in [0, 0.1) is 13.8 Å². The third-order valence-electron chi connectivity index (χ3n) is 5.09. The fourth-order valence-corrected chi connectivity index (χ4v) is 3.89. The molecule has 0 bridgehead atoms. The van der Waals surface area contributed by atoms with Crippen molar-refractivity contribution in [1.82, 2.24) is 14.9 Å². The molecule has 0 atom stereocenters. The van der Waals surface area contributed by atoms with E-state index in [1.807, 2.05) is 7.05 Å². The Balaban J connectivity index is 2.35. The number of aromatic hydroxyl groups is 2. The molecule has 2 aromatic heterocycles. The van der Waals surface area contributed by atoms with Crippen molar-refractivity contribution >= 4 is 0 Å². The number of rotatable bonds is 2. The van der Waals surface area contributed by atoms with Crippen LogP contribution >= 0.6 is 0 Å². The van der Waals surface area contributed by atoms with Gasteiger partial charge in [0.15, 0.2) is 0 Å². The second-order valence-electron chi connectivity index (χ2n) is 6.97. The van der Waals surface area contributed by atoms with E-state index in [4.69, 9.17) is 0 Å². The molecule has 3 rings (SSSR count). The van der Waals surface area contributed by atoms with E-state index in [1.165, 1.54) is 12.1 Å². The number of nitrogens with one attached hydrogen (secondary N) is 2. The van der Waals surface area contributed by atoms with Crippen molar-refractivity contribution in [1.29, 1.82) is 0 Å². The van der Waals surface area contributed by atoms with Gasteiger partial charge in [-0.25, -0.2) is 0 Å². The molecule has 134 valence electrons. The Morgan fingerprint density at radius 1 is 0.920 bits per heavy atom. The maximum absolute atomic E-state index is 12.7. The summed E-state index contributed by atoms with van der Waals surface area (Å²) in [6, 6.07) is 2.96. The standard InChI is InChI=1S/C18H23N3O4/c1-10-8-12(22)14(16(24)19-10)18(4-6-21(3)7-5-18)15-13(23)9-11(2)20-17(15)25/h8-9H,4-7H2,1-3H3,(H2,19,22,24)(H2,20,23,25). The fourth-order valence-electron chi connectivity index (χ4n) is 3.89. The molecule has 7 heteroatoms. The molecule has 0 aliphatic carbocycles. The predicted molar refractivity (Wildman–Crippen MR) is 94.4 cm³/mol. The van der Waals surface area contributed by atoms with Gasteiger partial charge in [0.1, 0.15) is 11.5 Å². The Hall–Kier alpha value is -2.54. The molecule has 3 heterocycles. The summed E-state index contributed by atoms with van der Waals surface area (Å²) in [5.41, 5.74) is -0.522. The van der Waals surface area contributed by atoms with Crippen molar-refractivity contribution in [3.63, 3.8) is 0 Å². The number of H-pyrrole nitrogens is 2. The van der Waals surface area contributed by atoms with Crippen molar-refractivity contribution in [3.05, 3.63) is 55.4 Å². The summed E-state index contributed by atoms with van der Waals surface area (Å²) in [4.78, 5) is 32.9. The highest BCUT2D eigenvalue weighted by Gasteiger charge is 2.44. The third-order valence-corrected chi connectivity index (χ3v) is 5.09. The number of hydrogen-bond acceptors (Lipinski definition) is 5. The lowest BCUT2D eigenvalue weighted by Crippen LogP contribution is -2.47. The Kier molecular flexibility index (Phi) is 4.20. The van der Waals surface area contributed by atoms with Gasteiger partial charge in [-0.3, -0.25) is 9.59 Å². The molecular weight excluding hydrogens is 322 g/mol. The van der Waals surface area contributed by atoms with E-state index in [0.29, 0.717) is 37.3 Å². The van der Waals surface area contributed by atoms with Gasteiger partial charge in [-0.05, 0) is 59.0 Å². The van der Waals surface area contributed by atoms with Gasteiger partial charge < -0.3 is 25.1 Å². The second-order valence-corrected chi connectivity index (χ2v) is 6.97. The van der Waals surface area contributed by atoms with E-state index in [1.54, 1.807) is 13.8 Å². The van der Waals surface area contributed by atoms with E-state index in [9.17, 15) is 19.8 Å². The minimum Gasteiger partial charge on any atom is -0.507 e. The van der Waals surface area contributed by atoms with Gasteiger partial charge in [0.05, 0.1) is 11.1 Å². The first-order valence-corrected chi connectivity index (χ1v) is 8.30. The van der Waals surface area contributed by atoms with Crippen LogP contribution in [0.5, 0.6) is 11.5 Å². The molecule has 0 spiro atoms. The molecule has 1 saturated heterocycles. The minimum absolute atomic E-state index is 0.148. The molecule has 2 aromatic rings. The van der Waals surface area contributed by atoms with Gasteiger partial charge >= 0.3 is 0 Å². The fraction of sp³-hybridized carbons (Fsp3) is 0.444.